The van der Waals surface area contributed by atoms with Gasteiger partial charge >= 0.3 is 30.0 Å². The van der Waals surface area contributed by atoms with Gasteiger partial charge in [0.15, 0.2) is 0 Å². The second kappa shape index (κ2) is 23.0. The number of carbonyl (C=O) groups excluding carboxylic acids is 7. The number of carbonyl (C=O) groups is 7. The molecule has 0 heterocycles. The summed E-state index contributed by atoms with van der Waals surface area (Å²) in [5.41, 5.74) is 8.48. The van der Waals surface area contributed by atoms with Crippen LogP contribution >= 0.6 is 0 Å². The molecule has 1 fully saturated rings. The summed E-state index contributed by atoms with van der Waals surface area (Å²) in [5, 5.41) is 13.4. The minimum Gasteiger partial charge on any atom is -0.460 e. The smallest absolute Gasteiger partial charge is 0.329 e. The highest BCUT2D eigenvalue weighted by molar-refractivity contribution is 5.89. The number of hydrogen-bond donors (Lipinski definition) is 7. The van der Waals surface area contributed by atoms with Crippen molar-refractivity contribution in [1.29, 1.82) is 0 Å². The fourth-order valence-corrected chi connectivity index (χ4v) is 5.80. The van der Waals surface area contributed by atoms with Gasteiger partial charge in [-0.15, -0.1) is 0 Å². The zero-order valence-electron chi connectivity index (χ0n) is 34.5. The third-order valence-corrected chi connectivity index (χ3v) is 8.42. The molecule has 1 saturated carbocycles. The highest BCUT2D eigenvalue weighted by Crippen LogP contribution is 2.28. The van der Waals surface area contributed by atoms with Crippen molar-refractivity contribution in [3.63, 3.8) is 0 Å². The van der Waals surface area contributed by atoms with Gasteiger partial charge in [-0.1, -0.05) is 0 Å². The number of urea groups is 2. The number of nitrogens with two attached hydrogens (primary N) is 2. The number of nitrogens with one attached hydrogen (secondary N) is 5. The first-order valence-electron chi connectivity index (χ1n) is 19.4. The van der Waals surface area contributed by atoms with Crippen LogP contribution in [0.3, 0.4) is 0 Å². The predicted molar refractivity (Wildman–Crippen MR) is 206 cm³/mol. The first-order chi connectivity index (χ1) is 25.4. The third kappa shape index (κ3) is 22.7. The fourth-order valence-electron chi connectivity index (χ4n) is 5.80. The summed E-state index contributed by atoms with van der Waals surface area (Å²) in [7, 11) is 0. The summed E-state index contributed by atoms with van der Waals surface area (Å²) in [5.74, 6) is -2.39. The van der Waals surface area contributed by atoms with Crippen LogP contribution in [0, 0.1) is 11.8 Å². The van der Waals surface area contributed by atoms with Gasteiger partial charge in [0.25, 0.3) is 0 Å². The van der Waals surface area contributed by atoms with Crippen LogP contribution in [0.2, 0.25) is 0 Å². The second-order valence-electron chi connectivity index (χ2n) is 17.1. The summed E-state index contributed by atoms with van der Waals surface area (Å²) in [6.45, 7) is 16.3. The van der Waals surface area contributed by atoms with Crippen LogP contribution in [0.15, 0.2) is 0 Å². The summed E-state index contributed by atoms with van der Waals surface area (Å²) >= 11 is 0. The molecule has 0 aromatic rings. The van der Waals surface area contributed by atoms with Crippen LogP contribution in [-0.4, -0.2) is 96.3 Å². The van der Waals surface area contributed by atoms with Gasteiger partial charge in [-0.25, -0.2) is 19.2 Å². The van der Waals surface area contributed by atoms with Crippen molar-refractivity contribution >= 4 is 41.8 Å². The highest BCUT2D eigenvalue weighted by Gasteiger charge is 2.32. The van der Waals surface area contributed by atoms with E-state index in [1.165, 1.54) is 0 Å². The topological polar surface area (TPSA) is 259 Å². The lowest BCUT2D eigenvalue weighted by atomic mass is 9.81. The molecule has 3 atom stereocenters. The van der Waals surface area contributed by atoms with E-state index in [-0.39, 0.29) is 56.5 Å². The Morgan fingerprint density at radius 1 is 0.618 bits per heavy atom. The Balaban J connectivity index is 2.91. The molecule has 0 aromatic heterocycles. The average Bonchev–Trinajstić information content (AvgIpc) is 3.04. The van der Waals surface area contributed by atoms with Crippen LogP contribution in [0.1, 0.15) is 133 Å². The van der Waals surface area contributed by atoms with Gasteiger partial charge in [-0.3, -0.25) is 14.4 Å². The molecule has 6 amide bonds. The molecule has 1 rings (SSSR count). The van der Waals surface area contributed by atoms with E-state index in [1.807, 2.05) is 0 Å². The quantitative estimate of drug-likeness (QED) is 0.0537. The second-order valence-corrected chi connectivity index (χ2v) is 17.1. The number of primary amides is 1. The standard InChI is InChI=1S/C38H69N7O10/c1-36(2,3)53-29(46)20-19-28(33(50)55-38(7,8)9)45-35(52)44-27(32(49)54-37(4,5)6)13-10-11-21-41-31(48)26(14-12-22-42-34(40)51)43-30(47)25-17-15-24(23-39)16-18-25/h24-28H,10-23,39H2,1-9H3,(H,41,48)(H,43,47)(H3,40,42,51)(H2,44,45,52)/t24?,25?,26-,27-,28-/m0/s1. The molecule has 17 heteroatoms. The van der Waals surface area contributed by atoms with E-state index in [4.69, 9.17) is 25.7 Å². The van der Waals surface area contributed by atoms with E-state index in [0.717, 1.165) is 12.8 Å². The van der Waals surface area contributed by atoms with Gasteiger partial charge in [0.2, 0.25) is 11.8 Å². The zero-order chi connectivity index (χ0) is 42.0. The number of esters is 3. The molecule has 0 aromatic carbocycles. The molecule has 9 N–H and O–H groups in total. The van der Waals surface area contributed by atoms with E-state index < -0.39 is 64.9 Å². The SMILES string of the molecule is CC(C)(C)OC(=O)CC[C@H](NC(=O)N[C@@H](CCCCNC(=O)[C@H](CCCNC(N)=O)NC(=O)C1CCC(CN)CC1)C(=O)OC(C)(C)C)C(=O)OC(C)(C)C. The molecule has 0 unspecified atom stereocenters. The van der Waals surface area contributed by atoms with Crippen molar-refractivity contribution < 1.29 is 47.8 Å². The first-order valence-corrected chi connectivity index (χ1v) is 19.4. The molecule has 0 spiro atoms. The maximum atomic E-state index is 13.2. The lowest BCUT2D eigenvalue weighted by Gasteiger charge is -2.28. The van der Waals surface area contributed by atoms with E-state index >= 15 is 0 Å². The molecule has 0 saturated heterocycles. The Morgan fingerprint density at radius 2 is 1.11 bits per heavy atom. The Bertz CT molecular complexity index is 1280. The van der Waals surface area contributed by atoms with Crippen molar-refractivity contribution in [3.8, 4) is 0 Å². The van der Waals surface area contributed by atoms with Crippen LogP contribution < -0.4 is 38.1 Å². The predicted octanol–water partition coefficient (Wildman–Crippen LogP) is 2.81. The molecular formula is C38H69N7O10. The maximum absolute atomic E-state index is 13.2. The number of rotatable bonds is 20. The van der Waals surface area contributed by atoms with Crippen LogP contribution in [0.4, 0.5) is 9.59 Å². The van der Waals surface area contributed by atoms with Gasteiger partial charge in [-0.05, 0) is 139 Å². The summed E-state index contributed by atoms with van der Waals surface area (Å²) in [4.78, 5) is 89.3. The van der Waals surface area contributed by atoms with Crippen LogP contribution in [0.25, 0.3) is 0 Å². The zero-order valence-corrected chi connectivity index (χ0v) is 34.5. The number of ether oxygens (including phenoxy) is 3. The van der Waals surface area contributed by atoms with Gasteiger partial charge in [0.1, 0.15) is 34.9 Å². The average molecular weight is 784 g/mol. The Hall–Kier alpha value is -4.15. The first kappa shape index (κ1) is 48.9. The largest absolute Gasteiger partial charge is 0.460 e. The van der Waals surface area contributed by atoms with E-state index in [9.17, 15) is 33.6 Å². The summed E-state index contributed by atoms with van der Waals surface area (Å²) in [6.07, 6.45) is 4.44. The van der Waals surface area contributed by atoms with E-state index in [1.54, 1.807) is 62.3 Å². The van der Waals surface area contributed by atoms with Crippen molar-refractivity contribution in [2.75, 3.05) is 19.6 Å². The number of unbranched alkanes of at least 4 members (excludes halogenated alkanes) is 1. The highest BCUT2D eigenvalue weighted by atomic mass is 16.6. The normalized spacial score (nSPS) is 17.7. The van der Waals surface area contributed by atoms with Crippen molar-refractivity contribution in [1.82, 2.24) is 26.6 Å². The van der Waals surface area contributed by atoms with Crippen LogP contribution in [-0.2, 0) is 38.2 Å². The fraction of sp³-hybridized carbons (Fsp3) is 0.816. The molecule has 17 nitrogen and oxygen atoms in total. The maximum Gasteiger partial charge on any atom is 0.329 e. The molecular weight excluding hydrogens is 714 g/mol. The monoisotopic (exact) mass is 784 g/mol. The Labute approximate surface area is 326 Å². The van der Waals surface area contributed by atoms with E-state index in [0.29, 0.717) is 44.6 Å². The van der Waals surface area contributed by atoms with Gasteiger partial charge < -0.3 is 52.3 Å². The minimum absolute atomic E-state index is 0.105. The summed E-state index contributed by atoms with van der Waals surface area (Å²) in [6, 6.07) is -4.69. The van der Waals surface area contributed by atoms with Crippen molar-refractivity contribution in [2.45, 2.75) is 168 Å². The van der Waals surface area contributed by atoms with Crippen LogP contribution in [0.5, 0.6) is 0 Å². The van der Waals surface area contributed by atoms with Crippen molar-refractivity contribution in [2.24, 2.45) is 23.3 Å². The molecule has 1 aliphatic rings. The summed E-state index contributed by atoms with van der Waals surface area (Å²) < 4.78 is 16.4. The molecule has 55 heavy (non-hydrogen) atoms. The molecule has 0 aliphatic heterocycles. The minimum atomic E-state index is -1.22. The lowest BCUT2D eigenvalue weighted by molar-refractivity contribution is -0.159. The van der Waals surface area contributed by atoms with E-state index in [2.05, 4.69) is 26.6 Å². The van der Waals surface area contributed by atoms with Gasteiger partial charge in [0.05, 0.1) is 0 Å². The molecule has 0 radical (unpaired) electrons. The van der Waals surface area contributed by atoms with Crippen molar-refractivity contribution in [3.05, 3.63) is 0 Å². The number of amides is 6. The Kier molecular flexibility index (Phi) is 20.5. The lowest BCUT2D eigenvalue weighted by Crippen LogP contribution is -2.53. The molecule has 0 bridgehead atoms. The molecule has 1 aliphatic carbocycles. The Morgan fingerprint density at radius 3 is 1.60 bits per heavy atom. The van der Waals surface area contributed by atoms with Gasteiger partial charge in [0, 0.05) is 25.4 Å². The number of hydrogen-bond acceptors (Lipinski definition) is 11. The third-order valence-electron chi connectivity index (χ3n) is 8.42. The van der Waals surface area contributed by atoms with Gasteiger partial charge in [-0.2, -0.15) is 0 Å². The molecule has 316 valence electrons.